The molecule has 0 aliphatic heterocycles. The highest BCUT2D eigenvalue weighted by Gasteiger charge is 1.92. The number of nitrogens with zero attached hydrogens (tertiary/aromatic N) is 1. The molecule has 0 aromatic carbocycles. The van der Waals surface area contributed by atoms with Crippen molar-refractivity contribution >= 4 is 11.6 Å². The molecule has 0 bridgehead atoms. The van der Waals surface area contributed by atoms with E-state index < -0.39 is 0 Å². The Morgan fingerprint density at radius 2 is 2.00 bits per heavy atom. The minimum Gasteiger partial charge on any atom is -0.311 e. The summed E-state index contributed by atoms with van der Waals surface area (Å²) in [5.41, 5.74) is 1.11. The molecule has 0 spiro atoms. The fraction of sp³-hybridized carbons (Fsp3) is 0.583. The van der Waals surface area contributed by atoms with Gasteiger partial charge in [-0.2, -0.15) is 0 Å². The largest absolute Gasteiger partial charge is 0.311 e. The van der Waals surface area contributed by atoms with E-state index in [1.54, 1.807) is 0 Å². The molecule has 2 nitrogen and oxygen atoms in total. The average Bonchev–Trinajstić information content (AvgIpc) is 2.29. The molecule has 0 fully saturated rings. The van der Waals surface area contributed by atoms with Gasteiger partial charge in [-0.25, -0.2) is 0 Å². The van der Waals surface area contributed by atoms with Gasteiger partial charge in [-0.1, -0.05) is 18.9 Å². The second kappa shape index (κ2) is 8.69. The van der Waals surface area contributed by atoms with E-state index in [4.69, 9.17) is 11.6 Å². The second-order valence-electron chi connectivity index (χ2n) is 3.60. The summed E-state index contributed by atoms with van der Waals surface area (Å²) in [6.07, 6.45) is 6.71. The number of aromatic nitrogens is 1. The molecule has 84 valence electrons. The first-order valence-electron chi connectivity index (χ1n) is 5.60. The maximum absolute atomic E-state index is 5.60. The van der Waals surface area contributed by atoms with Crippen molar-refractivity contribution in [1.29, 1.82) is 0 Å². The van der Waals surface area contributed by atoms with Crippen LogP contribution < -0.4 is 5.32 Å². The van der Waals surface area contributed by atoms with E-state index in [0.717, 1.165) is 31.1 Å². The van der Waals surface area contributed by atoms with Crippen molar-refractivity contribution in [3.63, 3.8) is 0 Å². The first-order chi connectivity index (χ1) is 7.43. The molecule has 0 radical (unpaired) electrons. The Morgan fingerprint density at radius 1 is 1.13 bits per heavy atom. The molecule has 3 heteroatoms. The third kappa shape index (κ3) is 6.47. The van der Waals surface area contributed by atoms with Crippen LogP contribution in [0.1, 0.15) is 31.4 Å². The van der Waals surface area contributed by atoms with Crippen LogP contribution in [0.15, 0.2) is 24.4 Å². The third-order valence-corrected chi connectivity index (χ3v) is 2.54. The fourth-order valence-electron chi connectivity index (χ4n) is 1.42. The van der Waals surface area contributed by atoms with Gasteiger partial charge in [-0.15, -0.1) is 11.6 Å². The van der Waals surface area contributed by atoms with Crippen LogP contribution in [0.2, 0.25) is 0 Å². The van der Waals surface area contributed by atoms with Gasteiger partial charge >= 0.3 is 0 Å². The van der Waals surface area contributed by atoms with E-state index in [0.29, 0.717) is 0 Å². The summed E-state index contributed by atoms with van der Waals surface area (Å²) in [5, 5.41) is 3.38. The van der Waals surface area contributed by atoms with Crippen LogP contribution in [-0.4, -0.2) is 17.4 Å². The van der Waals surface area contributed by atoms with Gasteiger partial charge in [-0.05, 0) is 31.5 Å². The third-order valence-electron chi connectivity index (χ3n) is 2.27. The minimum atomic E-state index is 0.793. The molecule has 0 amide bonds. The first kappa shape index (κ1) is 12.5. The van der Waals surface area contributed by atoms with Gasteiger partial charge in [0.2, 0.25) is 0 Å². The van der Waals surface area contributed by atoms with Crippen molar-refractivity contribution in [2.75, 3.05) is 12.4 Å². The Balaban J connectivity index is 1.93. The fourth-order valence-corrected chi connectivity index (χ4v) is 1.61. The molecule has 0 saturated heterocycles. The normalized spacial score (nSPS) is 10.5. The van der Waals surface area contributed by atoms with Crippen LogP contribution in [0.25, 0.3) is 0 Å². The van der Waals surface area contributed by atoms with Crippen molar-refractivity contribution in [2.45, 2.75) is 32.2 Å². The van der Waals surface area contributed by atoms with Crippen LogP contribution in [0, 0.1) is 0 Å². The zero-order chi connectivity index (χ0) is 10.8. The van der Waals surface area contributed by atoms with Crippen molar-refractivity contribution in [3.8, 4) is 0 Å². The van der Waals surface area contributed by atoms with E-state index in [1.807, 2.05) is 24.4 Å². The number of pyridine rings is 1. The highest BCUT2D eigenvalue weighted by Crippen LogP contribution is 2.00. The summed E-state index contributed by atoms with van der Waals surface area (Å²) >= 11 is 5.60. The molecule has 0 atom stereocenters. The van der Waals surface area contributed by atoms with Crippen LogP contribution in [0.3, 0.4) is 0 Å². The standard InChI is InChI=1S/C12H19ClN2/c13-8-4-1-2-5-9-14-11-12-7-3-6-10-15-12/h3,6-7,10,14H,1-2,4-5,8-9,11H2. The van der Waals surface area contributed by atoms with Crippen LogP contribution in [-0.2, 0) is 6.54 Å². The average molecular weight is 227 g/mol. The topological polar surface area (TPSA) is 24.9 Å². The molecule has 1 heterocycles. The van der Waals surface area contributed by atoms with Gasteiger partial charge in [-0.3, -0.25) is 4.98 Å². The predicted molar refractivity (Wildman–Crippen MR) is 65.1 cm³/mol. The first-order valence-corrected chi connectivity index (χ1v) is 6.13. The lowest BCUT2D eigenvalue weighted by molar-refractivity contribution is 0.594. The van der Waals surface area contributed by atoms with Crippen LogP contribution in [0.4, 0.5) is 0 Å². The summed E-state index contributed by atoms with van der Waals surface area (Å²) < 4.78 is 0. The Labute approximate surface area is 97.1 Å². The van der Waals surface area contributed by atoms with E-state index in [2.05, 4.69) is 10.3 Å². The van der Waals surface area contributed by atoms with Gasteiger partial charge in [0.25, 0.3) is 0 Å². The van der Waals surface area contributed by atoms with Gasteiger partial charge in [0, 0.05) is 18.6 Å². The number of unbranched alkanes of at least 4 members (excludes halogenated alkanes) is 3. The van der Waals surface area contributed by atoms with Crippen molar-refractivity contribution < 1.29 is 0 Å². The molecule has 1 aromatic heterocycles. The Bertz CT molecular complexity index is 239. The van der Waals surface area contributed by atoms with Gasteiger partial charge < -0.3 is 5.32 Å². The minimum absolute atomic E-state index is 0.793. The van der Waals surface area contributed by atoms with Crippen molar-refractivity contribution in [3.05, 3.63) is 30.1 Å². The number of alkyl halides is 1. The Hall–Kier alpha value is -0.600. The lowest BCUT2D eigenvalue weighted by atomic mass is 10.2. The maximum atomic E-state index is 5.60. The maximum Gasteiger partial charge on any atom is 0.0541 e. The molecular weight excluding hydrogens is 208 g/mol. The molecular formula is C12H19ClN2. The molecule has 0 aliphatic carbocycles. The van der Waals surface area contributed by atoms with E-state index in [1.165, 1.54) is 19.3 Å². The zero-order valence-electron chi connectivity index (χ0n) is 9.08. The summed E-state index contributed by atoms with van der Waals surface area (Å²) in [6, 6.07) is 6.00. The summed E-state index contributed by atoms with van der Waals surface area (Å²) in [5.74, 6) is 0.793. The smallest absolute Gasteiger partial charge is 0.0541 e. The van der Waals surface area contributed by atoms with E-state index in [-0.39, 0.29) is 0 Å². The lowest BCUT2D eigenvalue weighted by Gasteiger charge is -2.03. The number of nitrogens with one attached hydrogen (secondary N) is 1. The van der Waals surface area contributed by atoms with Crippen LogP contribution >= 0.6 is 11.6 Å². The molecule has 1 N–H and O–H groups in total. The van der Waals surface area contributed by atoms with Crippen molar-refractivity contribution in [1.82, 2.24) is 10.3 Å². The molecule has 1 rings (SSSR count). The molecule has 15 heavy (non-hydrogen) atoms. The number of halogens is 1. The van der Waals surface area contributed by atoms with Gasteiger partial charge in [0.1, 0.15) is 0 Å². The predicted octanol–water partition coefficient (Wildman–Crippen LogP) is 2.97. The molecule has 0 aliphatic rings. The summed E-state index contributed by atoms with van der Waals surface area (Å²) in [6.45, 7) is 1.94. The summed E-state index contributed by atoms with van der Waals surface area (Å²) in [7, 11) is 0. The van der Waals surface area contributed by atoms with Crippen molar-refractivity contribution in [2.24, 2.45) is 0 Å². The van der Waals surface area contributed by atoms with Gasteiger partial charge in [0.05, 0.1) is 5.69 Å². The zero-order valence-corrected chi connectivity index (χ0v) is 9.84. The number of hydrogen-bond donors (Lipinski definition) is 1. The highest BCUT2D eigenvalue weighted by atomic mass is 35.5. The highest BCUT2D eigenvalue weighted by molar-refractivity contribution is 6.17. The SMILES string of the molecule is ClCCCCCCNCc1ccccn1. The van der Waals surface area contributed by atoms with E-state index >= 15 is 0 Å². The second-order valence-corrected chi connectivity index (χ2v) is 3.98. The Kier molecular flexibility index (Phi) is 7.22. The lowest BCUT2D eigenvalue weighted by Crippen LogP contribution is -2.15. The van der Waals surface area contributed by atoms with Gasteiger partial charge in [0.15, 0.2) is 0 Å². The molecule has 0 saturated carbocycles. The number of hydrogen-bond acceptors (Lipinski definition) is 2. The Morgan fingerprint density at radius 3 is 2.73 bits per heavy atom. The quantitative estimate of drug-likeness (QED) is 0.545. The molecule has 0 unspecified atom stereocenters. The summed E-state index contributed by atoms with van der Waals surface area (Å²) in [4.78, 5) is 4.25. The molecule has 1 aromatic rings. The monoisotopic (exact) mass is 226 g/mol. The number of rotatable bonds is 8. The van der Waals surface area contributed by atoms with Crippen LogP contribution in [0.5, 0.6) is 0 Å². The van der Waals surface area contributed by atoms with E-state index in [9.17, 15) is 0 Å².